The average molecular weight is 497 g/mol. The van der Waals surface area contributed by atoms with Crippen molar-refractivity contribution in [2.24, 2.45) is 0 Å². The molecule has 2 aromatic rings. The van der Waals surface area contributed by atoms with Gasteiger partial charge in [0, 0.05) is 15.6 Å². The third-order valence-corrected chi connectivity index (χ3v) is 5.91. The van der Waals surface area contributed by atoms with Crippen molar-refractivity contribution in [2.75, 3.05) is 13.2 Å². The maximum atomic E-state index is 12.4. The first-order chi connectivity index (χ1) is 14.8. The molecule has 1 saturated heterocycles. The molecule has 5 nitrogen and oxygen atoms in total. The van der Waals surface area contributed by atoms with Gasteiger partial charge in [0.1, 0.15) is 6.61 Å². The molecule has 0 unspecified atom stereocenters. The van der Waals surface area contributed by atoms with Gasteiger partial charge < -0.3 is 9.47 Å². The summed E-state index contributed by atoms with van der Waals surface area (Å²) in [6, 6.07) is 8.41. The Hall–Kier alpha value is -2.30. The molecule has 9 heteroatoms. The van der Waals surface area contributed by atoms with Gasteiger partial charge in [0.05, 0.1) is 23.1 Å². The number of terminal acetylenes is 1. The Labute approximate surface area is 199 Å². The number of imide groups is 1. The van der Waals surface area contributed by atoms with Gasteiger partial charge in [-0.1, -0.05) is 46.8 Å². The Morgan fingerprint density at radius 2 is 1.90 bits per heavy atom. The third-order valence-electron chi connectivity index (χ3n) is 4.14. The smallest absolute Gasteiger partial charge is 0.294 e. The van der Waals surface area contributed by atoms with E-state index in [0.717, 1.165) is 22.2 Å². The molecule has 1 fully saturated rings. The van der Waals surface area contributed by atoms with E-state index < -0.39 is 11.1 Å². The lowest BCUT2D eigenvalue weighted by atomic mass is 10.1. The molecule has 0 aromatic heterocycles. The van der Waals surface area contributed by atoms with E-state index in [4.69, 9.17) is 50.7 Å². The number of hydrogen-bond donors (Lipinski definition) is 0. The Kier molecular flexibility index (Phi) is 7.79. The van der Waals surface area contributed by atoms with Crippen molar-refractivity contribution >= 4 is 63.8 Å². The molecule has 0 saturated carbocycles. The number of thioether (sulfide) groups is 1. The van der Waals surface area contributed by atoms with Gasteiger partial charge in [-0.2, -0.15) is 0 Å². The summed E-state index contributed by atoms with van der Waals surface area (Å²) in [6.45, 7) is 2.27. The van der Waals surface area contributed by atoms with Crippen LogP contribution in [0.25, 0.3) is 6.08 Å². The first-order valence-electron chi connectivity index (χ1n) is 9.06. The zero-order chi connectivity index (χ0) is 22.5. The first-order valence-corrected chi connectivity index (χ1v) is 11.0. The fraction of sp³-hybridized carbons (Fsp3) is 0.182. The van der Waals surface area contributed by atoms with Crippen molar-refractivity contribution in [3.05, 3.63) is 61.4 Å². The second kappa shape index (κ2) is 10.3. The van der Waals surface area contributed by atoms with E-state index in [1.54, 1.807) is 36.4 Å². The van der Waals surface area contributed by atoms with Crippen molar-refractivity contribution in [3.63, 3.8) is 0 Å². The van der Waals surface area contributed by atoms with Crippen LogP contribution in [0, 0.1) is 12.3 Å². The molecule has 2 amide bonds. The van der Waals surface area contributed by atoms with Gasteiger partial charge in [0.15, 0.2) is 11.5 Å². The lowest BCUT2D eigenvalue weighted by molar-refractivity contribution is -0.122. The summed E-state index contributed by atoms with van der Waals surface area (Å²) in [5, 5.41) is 0.869. The fourth-order valence-electron chi connectivity index (χ4n) is 2.74. The molecule has 0 bridgehead atoms. The molecular formula is C22H16Cl3NO4S. The highest BCUT2D eigenvalue weighted by molar-refractivity contribution is 8.18. The molecule has 0 radical (unpaired) electrons. The Morgan fingerprint density at radius 3 is 2.58 bits per heavy atom. The Morgan fingerprint density at radius 1 is 1.13 bits per heavy atom. The highest BCUT2D eigenvalue weighted by Gasteiger charge is 2.34. The van der Waals surface area contributed by atoms with Crippen LogP contribution in [0.5, 0.6) is 11.5 Å². The summed E-state index contributed by atoms with van der Waals surface area (Å²) in [7, 11) is 0. The number of carbonyl (C=O) groups excluding carboxylic acids is 2. The van der Waals surface area contributed by atoms with E-state index in [2.05, 4.69) is 5.92 Å². The van der Waals surface area contributed by atoms with Crippen LogP contribution in [0.3, 0.4) is 0 Å². The fourth-order valence-corrected chi connectivity index (χ4v) is 4.32. The number of nitrogens with zero attached hydrogens (tertiary/aromatic N) is 1. The molecule has 160 valence electrons. The van der Waals surface area contributed by atoms with Gasteiger partial charge in [0.25, 0.3) is 11.1 Å². The number of hydrogen-bond acceptors (Lipinski definition) is 5. The standard InChI is InChI=1S/C22H16Cl3NO4S/c1-3-7-26-21(27)19(31-22(26)28)10-13-8-17(25)20(18(9-13)29-4-2)30-12-14-5-6-15(23)11-16(14)24/h1,5-6,8-11H,4,7,12H2,2H3/b19-10+. The maximum absolute atomic E-state index is 12.4. The van der Waals surface area contributed by atoms with Gasteiger partial charge in [0.2, 0.25) is 0 Å². The minimum atomic E-state index is -0.445. The summed E-state index contributed by atoms with van der Waals surface area (Å²) in [6.07, 6.45) is 6.79. The minimum Gasteiger partial charge on any atom is -0.490 e. The number of ether oxygens (including phenoxy) is 2. The van der Waals surface area contributed by atoms with E-state index in [9.17, 15) is 9.59 Å². The van der Waals surface area contributed by atoms with E-state index in [-0.39, 0.29) is 23.1 Å². The lowest BCUT2D eigenvalue weighted by Gasteiger charge is -2.15. The van der Waals surface area contributed by atoms with Crippen molar-refractivity contribution in [1.29, 1.82) is 0 Å². The summed E-state index contributed by atoms with van der Waals surface area (Å²) in [5.41, 5.74) is 1.31. The highest BCUT2D eigenvalue weighted by Crippen LogP contribution is 2.40. The molecule has 3 rings (SSSR count). The van der Waals surface area contributed by atoms with E-state index >= 15 is 0 Å². The maximum Gasteiger partial charge on any atom is 0.294 e. The predicted molar refractivity (Wildman–Crippen MR) is 125 cm³/mol. The largest absolute Gasteiger partial charge is 0.490 e. The summed E-state index contributed by atoms with van der Waals surface area (Å²) < 4.78 is 11.6. The third kappa shape index (κ3) is 5.50. The van der Waals surface area contributed by atoms with Crippen molar-refractivity contribution in [2.45, 2.75) is 13.5 Å². The van der Waals surface area contributed by atoms with Crippen molar-refractivity contribution in [3.8, 4) is 23.8 Å². The summed E-state index contributed by atoms with van der Waals surface area (Å²) in [4.78, 5) is 25.6. The van der Waals surface area contributed by atoms with Crippen LogP contribution < -0.4 is 9.47 Å². The average Bonchev–Trinajstić information content (AvgIpc) is 2.96. The topological polar surface area (TPSA) is 55.8 Å². The van der Waals surface area contributed by atoms with Crippen LogP contribution in [0.4, 0.5) is 4.79 Å². The van der Waals surface area contributed by atoms with E-state index in [1.807, 2.05) is 6.92 Å². The van der Waals surface area contributed by atoms with Crippen molar-refractivity contribution in [1.82, 2.24) is 4.90 Å². The molecule has 1 heterocycles. The SMILES string of the molecule is C#CCN1C(=O)S/C(=C/c2cc(Cl)c(OCc3ccc(Cl)cc3Cl)c(OCC)c2)C1=O. The monoisotopic (exact) mass is 495 g/mol. The van der Waals surface area contributed by atoms with E-state index in [0.29, 0.717) is 33.7 Å². The molecular weight excluding hydrogens is 481 g/mol. The normalized spacial score (nSPS) is 14.8. The molecule has 0 atom stereocenters. The lowest BCUT2D eigenvalue weighted by Crippen LogP contribution is -2.28. The first kappa shape index (κ1) is 23.4. The van der Waals surface area contributed by atoms with Crippen LogP contribution in [0.1, 0.15) is 18.1 Å². The molecule has 2 aromatic carbocycles. The van der Waals surface area contributed by atoms with Gasteiger partial charge in [-0.25, -0.2) is 0 Å². The summed E-state index contributed by atoms with van der Waals surface area (Å²) in [5.74, 6) is 2.59. The van der Waals surface area contributed by atoms with Crippen LogP contribution in [0.15, 0.2) is 35.2 Å². The number of amides is 2. The number of carbonyl (C=O) groups is 2. The number of benzene rings is 2. The van der Waals surface area contributed by atoms with Gasteiger partial charge in [-0.05, 0) is 54.6 Å². The molecule has 31 heavy (non-hydrogen) atoms. The van der Waals surface area contributed by atoms with Crippen LogP contribution in [-0.2, 0) is 11.4 Å². The molecule has 1 aliphatic heterocycles. The van der Waals surface area contributed by atoms with Crippen LogP contribution in [0.2, 0.25) is 15.1 Å². The zero-order valence-corrected chi connectivity index (χ0v) is 19.4. The second-order valence-corrected chi connectivity index (χ2v) is 8.50. The number of halogens is 3. The zero-order valence-electron chi connectivity index (χ0n) is 16.3. The molecule has 0 N–H and O–H groups in total. The molecule has 0 spiro atoms. The summed E-state index contributed by atoms with van der Waals surface area (Å²) >= 11 is 19.4. The van der Waals surface area contributed by atoms with Crippen LogP contribution in [-0.4, -0.2) is 29.2 Å². The van der Waals surface area contributed by atoms with Gasteiger partial charge in [-0.3, -0.25) is 14.5 Å². The molecule has 1 aliphatic rings. The van der Waals surface area contributed by atoms with Crippen LogP contribution >= 0.6 is 46.6 Å². The highest BCUT2D eigenvalue weighted by atomic mass is 35.5. The van der Waals surface area contributed by atoms with E-state index in [1.165, 1.54) is 0 Å². The molecule has 0 aliphatic carbocycles. The van der Waals surface area contributed by atoms with Crippen molar-refractivity contribution < 1.29 is 19.1 Å². The van der Waals surface area contributed by atoms with Gasteiger partial charge in [-0.15, -0.1) is 6.42 Å². The quantitative estimate of drug-likeness (QED) is 0.333. The number of rotatable bonds is 7. The van der Waals surface area contributed by atoms with Gasteiger partial charge >= 0.3 is 0 Å². The Bertz CT molecular complexity index is 1110. The second-order valence-electron chi connectivity index (χ2n) is 6.26. The predicted octanol–water partition coefficient (Wildman–Crippen LogP) is 6.29. The Balaban J connectivity index is 1.88. The minimum absolute atomic E-state index is 0.0764.